The Balaban J connectivity index is 1.48. The molecule has 0 saturated carbocycles. The first-order valence-electron chi connectivity index (χ1n) is 9.22. The topological polar surface area (TPSA) is 35.9 Å². The number of hydrogen-bond donors (Lipinski definition) is 1. The minimum Gasteiger partial charge on any atom is -0.491 e. The Kier molecular flexibility index (Phi) is 7.27. The summed E-state index contributed by atoms with van der Waals surface area (Å²) in [5.41, 5.74) is 1.24. The Labute approximate surface area is 150 Å². The molecule has 24 heavy (non-hydrogen) atoms. The maximum Gasteiger partial charge on any atom is 0.123 e. The monoisotopic (exact) mass is 350 g/mol. The average Bonchev–Trinajstić information content (AvgIpc) is 2.63. The fourth-order valence-corrected chi connectivity index (χ4v) is 4.43. The number of piperidine rings is 1. The van der Waals surface area contributed by atoms with Crippen molar-refractivity contribution < 1.29 is 9.84 Å². The van der Waals surface area contributed by atoms with E-state index in [-0.39, 0.29) is 0 Å². The normalized spacial score (nSPS) is 21.5. The first kappa shape index (κ1) is 18.1. The van der Waals surface area contributed by atoms with Gasteiger partial charge in [0.25, 0.3) is 0 Å². The Morgan fingerprint density at radius 3 is 2.54 bits per heavy atom. The number of para-hydroxylation sites is 1. The minimum absolute atomic E-state index is 0.376. The van der Waals surface area contributed by atoms with Crippen molar-refractivity contribution in [2.75, 3.05) is 50.8 Å². The summed E-state index contributed by atoms with van der Waals surface area (Å²) in [5, 5.41) is 10.3. The summed E-state index contributed by atoms with van der Waals surface area (Å²) < 4.78 is 5.97. The fraction of sp³-hybridized carbons (Fsp3) is 0.684. The van der Waals surface area contributed by atoms with Crippen LogP contribution in [0.25, 0.3) is 0 Å². The number of aliphatic hydroxyl groups is 1. The summed E-state index contributed by atoms with van der Waals surface area (Å²) in [4.78, 5) is 4.84. The molecule has 0 amide bonds. The van der Waals surface area contributed by atoms with Gasteiger partial charge in [-0.3, -0.25) is 9.80 Å². The van der Waals surface area contributed by atoms with Gasteiger partial charge in [0.15, 0.2) is 0 Å². The summed E-state index contributed by atoms with van der Waals surface area (Å²) in [6, 6.07) is 8.28. The smallest absolute Gasteiger partial charge is 0.123 e. The molecule has 1 unspecified atom stereocenters. The number of β-amino-alcohol motifs (C(OH)–C–C–N with tert-alkyl or cyclic N) is 1. The van der Waals surface area contributed by atoms with Gasteiger partial charge in [-0.05, 0) is 32.0 Å². The van der Waals surface area contributed by atoms with Gasteiger partial charge in [-0.1, -0.05) is 24.6 Å². The number of likely N-dealkylation sites (tertiary alicyclic amines) is 1. The van der Waals surface area contributed by atoms with E-state index >= 15 is 0 Å². The quantitative estimate of drug-likeness (QED) is 0.817. The summed E-state index contributed by atoms with van der Waals surface area (Å²) in [6.07, 6.45) is 3.54. The number of nitrogens with zero attached hydrogens (tertiary/aromatic N) is 2. The number of hydrogen-bond acceptors (Lipinski definition) is 5. The molecule has 0 bridgehead atoms. The van der Waals surface area contributed by atoms with E-state index in [1.807, 2.05) is 23.9 Å². The maximum atomic E-state index is 10.3. The van der Waals surface area contributed by atoms with Gasteiger partial charge in [-0.25, -0.2) is 0 Å². The first-order valence-corrected chi connectivity index (χ1v) is 10.4. The standard InChI is InChI=1S/C19H30N2O2S/c22-18(15-21-10-12-24-13-11-21)16-23-19-7-3-2-6-17(19)14-20-8-4-1-5-9-20/h2-3,6-7,18,22H,1,4-5,8-16H2. The van der Waals surface area contributed by atoms with E-state index in [2.05, 4.69) is 21.9 Å². The van der Waals surface area contributed by atoms with Gasteiger partial charge in [-0.15, -0.1) is 0 Å². The molecule has 2 heterocycles. The van der Waals surface area contributed by atoms with Crippen molar-refractivity contribution >= 4 is 11.8 Å². The lowest BCUT2D eigenvalue weighted by Crippen LogP contribution is -2.40. The number of ether oxygens (including phenoxy) is 1. The average molecular weight is 351 g/mol. The molecule has 4 nitrogen and oxygen atoms in total. The van der Waals surface area contributed by atoms with Crippen molar-refractivity contribution in [1.29, 1.82) is 0 Å². The summed E-state index contributed by atoms with van der Waals surface area (Å²) in [7, 11) is 0. The van der Waals surface area contributed by atoms with Crippen molar-refractivity contribution in [3.05, 3.63) is 29.8 Å². The third-order valence-corrected chi connectivity index (χ3v) is 5.76. The van der Waals surface area contributed by atoms with Crippen LogP contribution in [0.15, 0.2) is 24.3 Å². The zero-order valence-electron chi connectivity index (χ0n) is 14.5. The highest BCUT2D eigenvalue weighted by atomic mass is 32.2. The van der Waals surface area contributed by atoms with Gasteiger partial charge in [-0.2, -0.15) is 11.8 Å². The van der Waals surface area contributed by atoms with Crippen LogP contribution in [0.4, 0.5) is 0 Å². The van der Waals surface area contributed by atoms with E-state index < -0.39 is 6.10 Å². The molecule has 1 N–H and O–H groups in total. The molecular weight excluding hydrogens is 320 g/mol. The molecule has 0 radical (unpaired) electrons. The molecule has 0 aliphatic carbocycles. The minimum atomic E-state index is -0.420. The van der Waals surface area contributed by atoms with Crippen molar-refractivity contribution in [3.8, 4) is 5.75 Å². The van der Waals surface area contributed by atoms with Crippen molar-refractivity contribution in [2.24, 2.45) is 0 Å². The molecule has 2 fully saturated rings. The molecule has 2 aliphatic rings. The van der Waals surface area contributed by atoms with Crippen LogP contribution in [-0.4, -0.2) is 71.8 Å². The van der Waals surface area contributed by atoms with Crippen molar-refractivity contribution in [2.45, 2.75) is 31.9 Å². The second-order valence-electron chi connectivity index (χ2n) is 6.82. The molecule has 1 aromatic rings. The summed E-state index contributed by atoms with van der Waals surface area (Å²) >= 11 is 2.00. The zero-order chi connectivity index (χ0) is 16.6. The lowest BCUT2D eigenvalue weighted by Gasteiger charge is -2.29. The van der Waals surface area contributed by atoms with Gasteiger partial charge in [0.1, 0.15) is 18.5 Å². The van der Waals surface area contributed by atoms with Crippen LogP contribution in [0.2, 0.25) is 0 Å². The third kappa shape index (κ3) is 5.66. The van der Waals surface area contributed by atoms with Crippen LogP contribution in [0.1, 0.15) is 24.8 Å². The van der Waals surface area contributed by atoms with Crippen LogP contribution in [0, 0.1) is 0 Å². The highest BCUT2D eigenvalue weighted by Gasteiger charge is 2.17. The van der Waals surface area contributed by atoms with Crippen LogP contribution in [-0.2, 0) is 6.54 Å². The lowest BCUT2D eigenvalue weighted by molar-refractivity contribution is 0.0707. The first-order chi connectivity index (χ1) is 11.8. The van der Waals surface area contributed by atoms with Gasteiger partial charge in [0.2, 0.25) is 0 Å². The number of benzene rings is 1. The highest BCUT2D eigenvalue weighted by Crippen LogP contribution is 2.22. The molecular formula is C19H30N2O2S. The van der Waals surface area contributed by atoms with Gasteiger partial charge >= 0.3 is 0 Å². The van der Waals surface area contributed by atoms with E-state index in [0.29, 0.717) is 6.61 Å². The number of rotatable bonds is 7. The second-order valence-corrected chi connectivity index (χ2v) is 8.05. The summed E-state index contributed by atoms with van der Waals surface area (Å²) in [6.45, 7) is 6.57. The van der Waals surface area contributed by atoms with Crippen molar-refractivity contribution in [1.82, 2.24) is 9.80 Å². The molecule has 2 aliphatic heterocycles. The van der Waals surface area contributed by atoms with E-state index in [4.69, 9.17) is 4.74 Å². The zero-order valence-corrected chi connectivity index (χ0v) is 15.3. The van der Waals surface area contributed by atoms with E-state index in [1.54, 1.807) is 0 Å². The Bertz CT molecular complexity index is 488. The number of aliphatic hydroxyl groups excluding tert-OH is 1. The largest absolute Gasteiger partial charge is 0.491 e. The second kappa shape index (κ2) is 9.66. The predicted octanol–water partition coefficient (Wildman–Crippen LogP) is 2.46. The SMILES string of the molecule is OC(COc1ccccc1CN1CCCCC1)CN1CCSCC1. The van der Waals surface area contributed by atoms with Crippen LogP contribution in [0.5, 0.6) is 5.75 Å². The highest BCUT2D eigenvalue weighted by molar-refractivity contribution is 7.99. The molecule has 3 rings (SSSR count). The van der Waals surface area contributed by atoms with Crippen LogP contribution < -0.4 is 4.74 Å². The Morgan fingerprint density at radius 1 is 1.00 bits per heavy atom. The predicted molar refractivity (Wildman–Crippen MR) is 101 cm³/mol. The Hall–Kier alpha value is -0.750. The van der Waals surface area contributed by atoms with Gasteiger partial charge < -0.3 is 9.84 Å². The van der Waals surface area contributed by atoms with E-state index in [0.717, 1.165) is 31.9 Å². The molecule has 2 saturated heterocycles. The number of thioether (sulfide) groups is 1. The Morgan fingerprint density at radius 2 is 1.75 bits per heavy atom. The van der Waals surface area contributed by atoms with E-state index in [9.17, 15) is 5.11 Å². The van der Waals surface area contributed by atoms with Gasteiger partial charge in [0.05, 0.1) is 0 Å². The molecule has 1 atom stereocenters. The molecule has 5 heteroatoms. The molecule has 134 valence electrons. The third-order valence-electron chi connectivity index (χ3n) is 4.82. The maximum absolute atomic E-state index is 10.3. The molecule has 1 aromatic carbocycles. The van der Waals surface area contributed by atoms with Crippen molar-refractivity contribution in [3.63, 3.8) is 0 Å². The molecule has 0 aromatic heterocycles. The van der Waals surface area contributed by atoms with Gasteiger partial charge in [0, 0.05) is 43.2 Å². The molecule has 0 spiro atoms. The summed E-state index contributed by atoms with van der Waals surface area (Å²) in [5.74, 6) is 3.27. The van der Waals surface area contributed by atoms with Crippen LogP contribution in [0.3, 0.4) is 0 Å². The van der Waals surface area contributed by atoms with E-state index in [1.165, 1.54) is 49.4 Å². The lowest BCUT2D eigenvalue weighted by atomic mass is 10.1. The fourth-order valence-electron chi connectivity index (χ4n) is 3.45. The van der Waals surface area contributed by atoms with Crippen LogP contribution >= 0.6 is 11.8 Å².